The number of carbonyl (C=O) groups excluding carboxylic acids is 1. The molecule has 0 saturated carbocycles. The topological polar surface area (TPSA) is 42.4 Å². The molecule has 0 unspecified atom stereocenters. The van der Waals surface area contributed by atoms with Gasteiger partial charge in [0.2, 0.25) is 0 Å². The van der Waals surface area contributed by atoms with E-state index >= 15 is 0 Å². The van der Waals surface area contributed by atoms with Crippen LogP contribution in [0.15, 0.2) is 48.5 Å². The van der Waals surface area contributed by atoms with Crippen LogP contribution in [0.2, 0.25) is 0 Å². The van der Waals surface area contributed by atoms with Crippen LogP contribution >= 0.6 is 0 Å². The fourth-order valence-corrected chi connectivity index (χ4v) is 3.69. The third-order valence-corrected chi connectivity index (χ3v) is 4.86. The number of pyridine rings is 1. The average molecular weight is 316 g/mol. The highest BCUT2D eigenvalue weighted by molar-refractivity contribution is 6.25. The molecule has 0 N–H and O–H groups in total. The maximum Gasteiger partial charge on any atom is 0.194 e. The number of morpholine rings is 1. The Bertz CT molecular complexity index is 975. The third kappa shape index (κ3) is 1.90. The van der Waals surface area contributed by atoms with Crippen molar-refractivity contribution in [3.63, 3.8) is 0 Å². The van der Waals surface area contributed by atoms with E-state index in [-0.39, 0.29) is 5.78 Å². The van der Waals surface area contributed by atoms with Gasteiger partial charge in [-0.25, -0.2) is 4.98 Å². The number of nitrogens with zero attached hydrogens (tertiary/aromatic N) is 2. The van der Waals surface area contributed by atoms with Crippen LogP contribution in [0.25, 0.3) is 22.0 Å². The Hall–Kier alpha value is -2.72. The van der Waals surface area contributed by atoms with E-state index in [0.29, 0.717) is 0 Å². The number of rotatable bonds is 1. The predicted octanol–water partition coefficient (Wildman–Crippen LogP) is 3.28. The van der Waals surface area contributed by atoms with E-state index in [1.807, 2.05) is 42.5 Å². The molecular weight excluding hydrogens is 300 g/mol. The SMILES string of the molecule is O=C1c2ccccc2-c2cc(N3CCOCC3)nc3cccc1c23. The Kier molecular flexibility index (Phi) is 2.94. The Labute approximate surface area is 139 Å². The van der Waals surface area contributed by atoms with Crippen molar-refractivity contribution in [2.45, 2.75) is 0 Å². The predicted molar refractivity (Wildman–Crippen MR) is 93.6 cm³/mol. The molecule has 5 rings (SSSR count). The molecule has 1 fully saturated rings. The number of ether oxygens (including phenoxy) is 1. The molecule has 1 aliphatic heterocycles. The lowest BCUT2D eigenvalue weighted by molar-refractivity contribution is 0.104. The van der Waals surface area contributed by atoms with Crippen LogP contribution in [0.4, 0.5) is 5.82 Å². The van der Waals surface area contributed by atoms with Gasteiger partial charge in [-0.1, -0.05) is 36.4 Å². The van der Waals surface area contributed by atoms with Gasteiger partial charge < -0.3 is 9.64 Å². The molecule has 1 aromatic heterocycles. The first-order valence-electron chi connectivity index (χ1n) is 8.23. The lowest BCUT2D eigenvalue weighted by Crippen LogP contribution is -2.36. The quantitative estimate of drug-likeness (QED) is 0.540. The van der Waals surface area contributed by atoms with Gasteiger partial charge in [-0.15, -0.1) is 0 Å². The van der Waals surface area contributed by atoms with Gasteiger partial charge in [-0.2, -0.15) is 0 Å². The lowest BCUT2D eigenvalue weighted by atomic mass is 9.84. The van der Waals surface area contributed by atoms with Crippen molar-refractivity contribution >= 4 is 22.5 Å². The Morgan fingerprint density at radius 2 is 1.62 bits per heavy atom. The van der Waals surface area contributed by atoms with Crippen LogP contribution in [0.1, 0.15) is 15.9 Å². The van der Waals surface area contributed by atoms with E-state index in [1.165, 1.54) is 0 Å². The zero-order chi connectivity index (χ0) is 16.1. The molecule has 0 bridgehead atoms. The molecule has 0 radical (unpaired) electrons. The molecular formula is C20H16N2O2. The molecule has 1 saturated heterocycles. The number of hydrogen-bond donors (Lipinski definition) is 0. The van der Waals surface area contributed by atoms with Gasteiger partial charge in [-0.3, -0.25) is 4.79 Å². The summed E-state index contributed by atoms with van der Waals surface area (Å²) < 4.78 is 5.45. The largest absolute Gasteiger partial charge is 0.378 e. The highest BCUT2D eigenvalue weighted by atomic mass is 16.5. The maximum atomic E-state index is 12.8. The normalized spacial score (nSPS) is 16.3. The van der Waals surface area contributed by atoms with Crippen LogP contribution in [-0.4, -0.2) is 37.1 Å². The summed E-state index contributed by atoms with van der Waals surface area (Å²) in [5.74, 6) is 1.05. The van der Waals surface area contributed by atoms with Gasteiger partial charge in [0.15, 0.2) is 5.78 Å². The molecule has 1 aliphatic carbocycles. The second kappa shape index (κ2) is 5.14. The lowest BCUT2D eigenvalue weighted by Gasteiger charge is -2.29. The van der Waals surface area contributed by atoms with Crippen molar-refractivity contribution in [3.8, 4) is 11.1 Å². The molecule has 2 aromatic carbocycles. The zero-order valence-corrected chi connectivity index (χ0v) is 13.2. The first kappa shape index (κ1) is 13.7. The van der Waals surface area contributed by atoms with E-state index in [4.69, 9.17) is 9.72 Å². The average Bonchev–Trinajstić information content (AvgIpc) is 2.66. The highest BCUT2D eigenvalue weighted by Crippen LogP contribution is 2.40. The van der Waals surface area contributed by atoms with Gasteiger partial charge in [0, 0.05) is 29.6 Å². The van der Waals surface area contributed by atoms with Crippen molar-refractivity contribution in [1.82, 2.24) is 4.98 Å². The first-order valence-corrected chi connectivity index (χ1v) is 8.23. The maximum absolute atomic E-state index is 12.8. The standard InChI is InChI=1S/C20H16N2O2/c23-20-14-5-2-1-4-13(14)16-12-18(22-8-10-24-11-9-22)21-17-7-3-6-15(20)19(16)17/h1-7,12H,8-11H2. The van der Waals surface area contributed by atoms with Gasteiger partial charge in [0.1, 0.15) is 5.82 Å². The fourth-order valence-electron chi connectivity index (χ4n) is 3.69. The molecule has 3 aromatic rings. The van der Waals surface area contributed by atoms with E-state index in [1.54, 1.807) is 0 Å². The van der Waals surface area contributed by atoms with E-state index in [2.05, 4.69) is 11.0 Å². The highest BCUT2D eigenvalue weighted by Gasteiger charge is 2.26. The summed E-state index contributed by atoms with van der Waals surface area (Å²) in [6.45, 7) is 3.14. The van der Waals surface area contributed by atoms with Gasteiger partial charge in [0.05, 0.1) is 18.7 Å². The molecule has 118 valence electrons. The van der Waals surface area contributed by atoms with Crippen LogP contribution < -0.4 is 4.90 Å². The van der Waals surface area contributed by atoms with E-state index in [0.717, 1.165) is 65.3 Å². The van der Waals surface area contributed by atoms with Crippen molar-refractivity contribution in [2.75, 3.05) is 31.2 Å². The van der Waals surface area contributed by atoms with Gasteiger partial charge in [-0.05, 0) is 23.3 Å². The minimum absolute atomic E-state index is 0.0876. The molecule has 2 aliphatic rings. The Balaban J connectivity index is 1.81. The number of fused-ring (bicyclic) bond motifs is 2. The molecule has 0 amide bonds. The summed E-state index contributed by atoms with van der Waals surface area (Å²) in [6.07, 6.45) is 0. The summed E-state index contributed by atoms with van der Waals surface area (Å²) in [7, 11) is 0. The summed E-state index contributed by atoms with van der Waals surface area (Å²) in [6, 6.07) is 15.8. The molecule has 4 nitrogen and oxygen atoms in total. The van der Waals surface area contributed by atoms with Crippen LogP contribution in [0.3, 0.4) is 0 Å². The Morgan fingerprint density at radius 3 is 2.46 bits per heavy atom. The van der Waals surface area contributed by atoms with Crippen molar-refractivity contribution in [2.24, 2.45) is 0 Å². The van der Waals surface area contributed by atoms with Crippen LogP contribution in [0.5, 0.6) is 0 Å². The molecule has 0 atom stereocenters. The van der Waals surface area contributed by atoms with E-state index in [9.17, 15) is 4.79 Å². The second-order valence-electron chi connectivity index (χ2n) is 6.20. The number of hydrogen-bond acceptors (Lipinski definition) is 4. The smallest absolute Gasteiger partial charge is 0.194 e. The zero-order valence-electron chi connectivity index (χ0n) is 13.2. The fraction of sp³-hybridized carbons (Fsp3) is 0.200. The number of anilines is 1. The summed E-state index contributed by atoms with van der Waals surface area (Å²) in [5.41, 5.74) is 4.52. The molecule has 24 heavy (non-hydrogen) atoms. The summed E-state index contributed by atoms with van der Waals surface area (Å²) in [5, 5.41) is 0.971. The van der Waals surface area contributed by atoms with Gasteiger partial charge >= 0.3 is 0 Å². The molecule has 0 spiro atoms. The van der Waals surface area contributed by atoms with Crippen molar-refractivity contribution in [1.29, 1.82) is 0 Å². The van der Waals surface area contributed by atoms with Gasteiger partial charge in [0.25, 0.3) is 0 Å². The number of ketones is 1. The Morgan fingerprint density at radius 1 is 0.875 bits per heavy atom. The first-order chi connectivity index (χ1) is 11.8. The number of carbonyl (C=O) groups is 1. The summed E-state index contributed by atoms with van der Waals surface area (Å²) >= 11 is 0. The third-order valence-electron chi connectivity index (χ3n) is 4.86. The molecule has 2 heterocycles. The minimum atomic E-state index is 0.0876. The second-order valence-corrected chi connectivity index (χ2v) is 6.20. The monoisotopic (exact) mass is 316 g/mol. The van der Waals surface area contributed by atoms with Crippen LogP contribution in [0, 0.1) is 0 Å². The number of benzene rings is 2. The van der Waals surface area contributed by atoms with Crippen LogP contribution in [-0.2, 0) is 4.74 Å². The van der Waals surface area contributed by atoms with Crippen molar-refractivity contribution in [3.05, 3.63) is 59.7 Å². The molecule has 4 heteroatoms. The summed E-state index contributed by atoms with van der Waals surface area (Å²) in [4.78, 5) is 19.9. The van der Waals surface area contributed by atoms with E-state index < -0.39 is 0 Å². The number of aromatic nitrogens is 1. The minimum Gasteiger partial charge on any atom is -0.378 e. The van der Waals surface area contributed by atoms with Crippen molar-refractivity contribution < 1.29 is 9.53 Å².